The zero-order valence-corrected chi connectivity index (χ0v) is 10.2. The average molecular weight is 233 g/mol. The highest BCUT2D eigenvalue weighted by molar-refractivity contribution is 5.95. The first-order chi connectivity index (χ1) is 8.11. The molecule has 0 atom stereocenters. The molecule has 0 aromatic heterocycles. The third-order valence-electron chi connectivity index (χ3n) is 3.68. The molecule has 0 bridgehead atoms. The fourth-order valence-electron chi connectivity index (χ4n) is 2.23. The van der Waals surface area contributed by atoms with E-state index in [0.717, 1.165) is 6.42 Å². The predicted octanol–water partition coefficient (Wildman–Crippen LogP) is 2.74. The van der Waals surface area contributed by atoms with E-state index in [0.29, 0.717) is 23.3 Å². The van der Waals surface area contributed by atoms with Crippen LogP contribution in [0.5, 0.6) is 5.75 Å². The second-order valence-corrected chi connectivity index (χ2v) is 5.12. The fraction of sp³-hybridized carbons (Fsp3) is 0.500. The van der Waals surface area contributed by atoms with E-state index >= 15 is 0 Å². The van der Waals surface area contributed by atoms with Gasteiger partial charge in [0.05, 0.1) is 12.2 Å². The van der Waals surface area contributed by atoms with Gasteiger partial charge in [0.2, 0.25) is 0 Å². The van der Waals surface area contributed by atoms with E-state index < -0.39 is 5.91 Å². The fourth-order valence-corrected chi connectivity index (χ4v) is 2.23. The lowest BCUT2D eigenvalue weighted by Crippen LogP contribution is -2.27. The Morgan fingerprint density at radius 3 is 2.71 bits per heavy atom. The molecule has 0 saturated heterocycles. The number of amides is 1. The Morgan fingerprint density at radius 1 is 1.41 bits per heavy atom. The number of ether oxygens (including phenoxy) is 1. The molecule has 0 radical (unpaired) electrons. The lowest BCUT2D eigenvalue weighted by molar-refractivity contribution is 0.0989. The van der Waals surface area contributed by atoms with Crippen molar-refractivity contribution < 1.29 is 9.53 Å². The molecule has 1 aliphatic rings. The maximum Gasteiger partial charge on any atom is 0.252 e. The van der Waals surface area contributed by atoms with Crippen molar-refractivity contribution in [1.82, 2.24) is 0 Å². The monoisotopic (exact) mass is 233 g/mol. The van der Waals surface area contributed by atoms with Crippen LogP contribution >= 0.6 is 0 Å². The first kappa shape index (κ1) is 12.0. The van der Waals surface area contributed by atoms with Gasteiger partial charge < -0.3 is 10.5 Å². The molecule has 1 aromatic rings. The van der Waals surface area contributed by atoms with Crippen molar-refractivity contribution in [3.8, 4) is 5.75 Å². The van der Waals surface area contributed by atoms with Crippen molar-refractivity contribution in [3.63, 3.8) is 0 Å². The summed E-state index contributed by atoms with van der Waals surface area (Å²) in [4.78, 5) is 11.2. The zero-order chi connectivity index (χ0) is 12.3. The van der Waals surface area contributed by atoms with E-state index in [1.165, 1.54) is 19.3 Å². The van der Waals surface area contributed by atoms with E-state index in [2.05, 4.69) is 6.92 Å². The average Bonchev–Trinajstić information content (AvgIpc) is 2.27. The molecule has 0 heterocycles. The maximum atomic E-state index is 11.2. The second-order valence-electron chi connectivity index (χ2n) is 5.12. The Labute approximate surface area is 102 Å². The lowest BCUT2D eigenvalue weighted by Gasteiger charge is -2.38. The van der Waals surface area contributed by atoms with Crippen LogP contribution in [0.25, 0.3) is 0 Å². The van der Waals surface area contributed by atoms with Crippen LogP contribution in [0.1, 0.15) is 43.0 Å². The standard InChI is InChI=1S/C14H19NO2/c1-14(7-4-8-14)9-10-17-12-6-3-2-5-11(12)13(15)16/h2-3,5-6H,4,7-10H2,1H3,(H2,15,16). The van der Waals surface area contributed by atoms with Crippen LogP contribution in [0.2, 0.25) is 0 Å². The first-order valence-electron chi connectivity index (χ1n) is 6.12. The molecule has 3 heteroatoms. The number of hydrogen-bond donors (Lipinski definition) is 1. The molecule has 2 N–H and O–H groups in total. The highest BCUT2D eigenvalue weighted by Gasteiger charge is 2.31. The molecule has 0 aliphatic heterocycles. The highest BCUT2D eigenvalue weighted by Crippen LogP contribution is 2.43. The number of primary amides is 1. The minimum atomic E-state index is -0.435. The molecule has 1 fully saturated rings. The van der Waals surface area contributed by atoms with E-state index in [4.69, 9.17) is 10.5 Å². The van der Waals surface area contributed by atoms with Gasteiger partial charge in [0, 0.05) is 0 Å². The summed E-state index contributed by atoms with van der Waals surface area (Å²) in [5.74, 6) is 0.165. The van der Waals surface area contributed by atoms with Gasteiger partial charge in [-0.05, 0) is 36.8 Å². The Balaban J connectivity index is 1.92. The van der Waals surface area contributed by atoms with E-state index in [1.807, 2.05) is 6.07 Å². The Bertz CT molecular complexity index is 410. The van der Waals surface area contributed by atoms with Crippen LogP contribution in [0.4, 0.5) is 0 Å². The number of hydrogen-bond acceptors (Lipinski definition) is 2. The predicted molar refractivity (Wildman–Crippen MR) is 67.0 cm³/mol. The molecule has 1 saturated carbocycles. The molecule has 1 aromatic carbocycles. The van der Waals surface area contributed by atoms with Crippen molar-refractivity contribution in [1.29, 1.82) is 0 Å². The maximum absolute atomic E-state index is 11.2. The van der Waals surface area contributed by atoms with Crippen molar-refractivity contribution in [2.75, 3.05) is 6.61 Å². The summed E-state index contributed by atoms with van der Waals surface area (Å²) in [6, 6.07) is 7.14. The Hall–Kier alpha value is -1.51. The molecule has 0 spiro atoms. The van der Waals surface area contributed by atoms with Gasteiger partial charge >= 0.3 is 0 Å². The summed E-state index contributed by atoms with van der Waals surface area (Å²) >= 11 is 0. The number of carbonyl (C=O) groups is 1. The van der Waals surface area contributed by atoms with Crippen molar-refractivity contribution in [2.45, 2.75) is 32.6 Å². The van der Waals surface area contributed by atoms with Crippen molar-refractivity contribution in [2.24, 2.45) is 11.1 Å². The highest BCUT2D eigenvalue weighted by atomic mass is 16.5. The summed E-state index contributed by atoms with van der Waals surface area (Å²) in [5, 5.41) is 0. The van der Waals surface area contributed by atoms with Gasteiger partial charge in [0.15, 0.2) is 0 Å². The zero-order valence-electron chi connectivity index (χ0n) is 10.2. The van der Waals surface area contributed by atoms with Gasteiger partial charge in [0.25, 0.3) is 5.91 Å². The minimum Gasteiger partial charge on any atom is -0.493 e. The molecule has 17 heavy (non-hydrogen) atoms. The van der Waals surface area contributed by atoms with Gasteiger partial charge in [-0.3, -0.25) is 4.79 Å². The molecule has 0 unspecified atom stereocenters. The molecule has 92 valence electrons. The van der Waals surface area contributed by atoms with Crippen LogP contribution in [-0.4, -0.2) is 12.5 Å². The first-order valence-corrected chi connectivity index (χ1v) is 6.12. The minimum absolute atomic E-state index is 0.435. The molecular weight excluding hydrogens is 214 g/mol. The van der Waals surface area contributed by atoms with Gasteiger partial charge in [-0.1, -0.05) is 25.5 Å². The van der Waals surface area contributed by atoms with E-state index in [1.54, 1.807) is 18.2 Å². The topological polar surface area (TPSA) is 52.3 Å². The second kappa shape index (κ2) is 4.78. The molecule has 3 nitrogen and oxygen atoms in total. The smallest absolute Gasteiger partial charge is 0.252 e. The summed E-state index contributed by atoms with van der Waals surface area (Å²) < 4.78 is 5.67. The third-order valence-corrected chi connectivity index (χ3v) is 3.68. The number of para-hydroxylation sites is 1. The third kappa shape index (κ3) is 2.78. The van der Waals surface area contributed by atoms with E-state index in [9.17, 15) is 4.79 Å². The molecular formula is C14H19NO2. The molecule has 1 aliphatic carbocycles. The summed E-state index contributed by atoms with van der Waals surface area (Å²) in [6.07, 6.45) is 4.94. The van der Waals surface area contributed by atoms with E-state index in [-0.39, 0.29) is 0 Å². The Kier molecular flexibility index (Phi) is 3.36. The van der Waals surface area contributed by atoms with Gasteiger partial charge in [-0.25, -0.2) is 0 Å². The largest absolute Gasteiger partial charge is 0.493 e. The number of benzene rings is 1. The summed E-state index contributed by atoms with van der Waals surface area (Å²) in [7, 11) is 0. The van der Waals surface area contributed by atoms with Gasteiger partial charge in [-0.15, -0.1) is 0 Å². The van der Waals surface area contributed by atoms with Crippen LogP contribution in [-0.2, 0) is 0 Å². The van der Waals surface area contributed by atoms with Crippen LogP contribution in [0.15, 0.2) is 24.3 Å². The SMILES string of the molecule is CC1(CCOc2ccccc2C(N)=O)CCC1. The lowest BCUT2D eigenvalue weighted by atomic mass is 9.68. The molecule has 2 rings (SSSR count). The van der Waals surface area contributed by atoms with Gasteiger partial charge in [0.1, 0.15) is 5.75 Å². The normalized spacial score (nSPS) is 17.2. The summed E-state index contributed by atoms with van der Waals surface area (Å²) in [6.45, 7) is 2.95. The van der Waals surface area contributed by atoms with Crippen molar-refractivity contribution in [3.05, 3.63) is 29.8 Å². The van der Waals surface area contributed by atoms with Crippen molar-refractivity contribution >= 4 is 5.91 Å². The van der Waals surface area contributed by atoms with Crippen LogP contribution < -0.4 is 10.5 Å². The quantitative estimate of drug-likeness (QED) is 0.850. The van der Waals surface area contributed by atoms with Crippen LogP contribution in [0, 0.1) is 5.41 Å². The Morgan fingerprint density at radius 2 is 2.12 bits per heavy atom. The van der Waals surface area contributed by atoms with Gasteiger partial charge in [-0.2, -0.15) is 0 Å². The van der Waals surface area contributed by atoms with Crippen LogP contribution in [0.3, 0.4) is 0 Å². The number of carbonyl (C=O) groups excluding carboxylic acids is 1. The number of nitrogens with two attached hydrogens (primary N) is 1. The molecule has 1 amide bonds. The summed E-state index contributed by atoms with van der Waals surface area (Å²) in [5.41, 5.74) is 6.20. The number of rotatable bonds is 5.